The van der Waals surface area contributed by atoms with Crippen molar-refractivity contribution in [2.24, 2.45) is 17.6 Å². The fraction of sp³-hybridized carbons (Fsp3) is 0.562. The lowest BCUT2D eigenvalue weighted by Gasteiger charge is -2.17. The molecule has 0 aliphatic heterocycles. The standard InChI is InChI=1S/C16H24N2O2/c17-9-14-7-4-8-15(14)11-20-12-16(19)18-10-13-5-2-1-3-6-13/h1-3,5-6,14-15H,4,7-12,17H2,(H,18,19). The molecule has 1 aliphatic carbocycles. The zero-order valence-electron chi connectivity index (χ0n) is 11.9. The first-order chi connectivity index (χ1) is 9.79. The number of carbonyl (C=O) groups excluding carboxylic acids is 1. The highest BCUT2D eigenvalue weighted by Gasteiger charge is 2.26. The Morgan fingerprint density at radius 2 is 2.00 bits per heavy atom. The quantitative estimate of drug-likeness (QED) is 0.796. The summed E-state index contributed by atoms with van der Waals surface area (Å²) >= 11 is 0. The number of nitrogens with two attached hydrogens (primary N) is 1. The Bertz CT molecular complexity index is 408. The summed E-state index contributed by atoms with van der Waals surface area (Å²) in [6.07, 6.45) is 3.61. The van der Waals surface area contributed by atoms with Gasteiger partial charge in [0.2, 0.25) is 5.91 Å². The van der Waals surface area contributed by atoms with E-state index in [-0.39, 0.29) is 12.5 Å². The van der Waals surface area contributed by atoms with E-state index in [1.165, 1.54) is 19.3 Å². The van der Waals surface area contributed by atoms with Crippen LogP contribution in [0.3, 0.4) is 0 Å². The van der Waals surface area contributed by atoms with Crippen molar-refractivity contribution in [1.82, 2.24) is 5.32 Å². The maximum Gasteiger partial charge on any atom is 0.246 e. The highest BCUT2D eigenvalue weighted by Crippen LogP contribution is 2.30. The molecule has 1 fully saturated rings. The molecule has 4 heteroatoms. The number of rotatable bonds is 7. The molecule has 0 heterocycles. The van der Waals surface area contributed by atoms with E-state index in [0.29, 0.717) is 25.0 Å². The van der Waals surface area contributed by atoms with Gasteiger partial charge in [0, 0.05) is 6.54 Å². The van der Waals surface area contributed by atoms with E-state index < -0.39 is 0 Å². The van der Waals surface area contributed by atoms with E-state index in [4.69, 9.17) is 10.5 Å². The van der Waals surface area contributed by atoms with Crippen LogP contribution in [0.15, 0.2) is 30.3 Å². The molecule has 110 valence electrons. The van der Waals surface area contributed by atoms with E-state index in [9.17, 15) is 4.79 Å². The third-order valence-corrected chi connectivity index (χ3v) is 4.02. The second-order valence-electron chi connectivity index (χ2n) is 5.46. The molecule has 1 aromatic rings. The number of ether oxygens (including phenoxy) is 1. The minimum atomic E-state index is -0.0591. The molecule has 4 nitrogen and oxygen atoms in total. The number of benzene rings is 1. The van der Waals surface area contributed by atoms with Crippen molar-refractivity contribution in [2.45, 2.75) is 25.8 Å². The summed E-state index contributed by atoms with van der Waals surface area (Å²) in [6, 6.07) is 9.87. The normalized spacial score (nSPS) is 21.9. The number of amides is 1. The molecule has 0 bridgehead atoms. The third kappa shape index (κ3) is 4.62. The van der Waals surface area contributed by atoms with Gasteiger partial charge < -0.3 is 15.8 Å². The Balaban J connectivity index is 1.61. The average Bonchev–Trinajstić information content (AvgIpc) is 2.94. The van der Waals surface area contributed by atoms with Crippen LogP contribution in [0.5, 0.6) is 0 Å². The molecule has 1 amide bonds. The SMILES string of the molecule is NCC1CCCC1COCC(=O)NCc1ccccc1. The first-order valence-electron chi connectivity index (χ1n) is 7.38. The van der Waals surface area contributed by atoms with Crippen LogP contribution in [0, 0.1) is 11.8 Å². The Morgan fingerprint density at radius 1 is 1.25 bits per heavy atom. The summed E-state index contributed by atoms with van der Waals surface area (Å²) in [5.41, 5.74) is 6.83. The van der Waals surface area contributed by atoms with Crippen LogP contribution in [0.4, 0.5) is 0 Å². The highest BCUT2D eigenvalue weighted by atomic mass is 16.5. The van der Waals surface area contributed by atoms with Crippen molar-refractivity contribution in [2.75, 3.05) is 19.8 Å². The van der Waals surface area contributed by atoms with Gasteiger partial charge in [0.15, 0.2) is 0 Å². The average molecular weight is 276 g/mol. The fourth-order valence-corrected chi connectivity index (χ4v) is 2.79. The van der Waals surface area contributed by atoms with Gasteiger partial charge >= 0.3 is 0 Å². The summed E-state index contributed by atoms with van der Waals surface area (Å²) in [6.45, 7) is 2.08. The van der Waals surface area contributed by atoms with Gasteiger partial charge in [-0.2, -0.15) is 0 Å². The van der Waals surface area contributed by atoms with Crippen molar-refractivity contribution in [1.29, 1.82) is 0 Å². The highest BCUT2D eigenvalue weighted by molar-refractivity contribution is 5.77. The molecule has 1 saturated carbocycles. The van der Waals surface area contributed by atoms with Gasteiger partial charge in [-0.1, -0.05) is 36.8 Å². The molecule has 2 unspecified atom stereocenters. The molecule has 2 atom stereocenters. The number of carbonyl (C=O) groups is 1. The van der Waals surface area contributed by atoms with Crippen LogP contribution in [-0.4, -0.2) is 25.7 Å². The smallest absolute Gasteiger partial charge is 0.246 e. The molecule has 0 aromatic heterocycles. The Hall–Kier alpha value is -1.39. The number of hydrogen-bond donors (Lipinski definition) is 2. The van der Waals surface area contributed by atoms with Gasteiger partial charge in [-0.15, -0.1) is 0 Å². The molecule has 0 radical (unpaired) electrons. The predicted octanol–water partition coefficient (Wildman–Crippen LogP) is 1.69. The number of hydrogen-bond acceptors (Lipinski definition) is 3. The Morgan fingerprint density at radius 3 is 2.75 bits per heavy atom. The summed E-state index contributed by atoms with van der Waals surface area (Å²) in [5.74, 6) is 1.04. The van der Waals surface area contributed by atoms with Gasteiger partial charge in [0.1, 0.15) is 6.61 Å². The monoisotopic (exact) mass is 276 g/mol. The number of nitrogens with one attached hydrogen (secondary N) is 1. The summed E-state index contributed by atoms with van der Waals surface area (Å²) in [4.78, 5) is 11.7. The van der Waals surface area contributed by atoms with E-state index in [1.54, 1.807) is 0 Å². The zero-order chi connectivity index (χ0) is 14.2. The van der Waals surface area contributed by atoms with Gasteiger partial charge in [0.05, 0.1) is 6.61 Å². The van der Waals surface area contributed by atoms with Gasteiger partial charge in [0.25, 0.3) is 0 Å². The third-order valence-electron chi connectivity index (χ3n) is 4.02. The van der Waals surface area contributed by atoms with Crippen molar-refractivity contribution in [3.63, 3.8) is 0 Å². The van der Waals surface area contributed by atoms with Crippen LogP contribution in [0.25, 0.3) is 0 Å². The first-order valence-corrected chi connectivity index (χ1v) is 7.38. The largest absolute Gasteiger partial charge is 0.371 e. The van der Waals surface area contributed by atoms with E-state index in [1.807, 2.05) is 30.3 Å². The minimum absolute atomic E-state index is 0.0591. The van der Waals surface area contributed by atoms with Crippen LogP contribution in [0.1, 0.15) is 24.8 Å². The van der Waals surface area contributed by atoms with Gasteiger partial charge in [-0.3, -0.25) is 4.79 Å². The van der Waals surface area contributed by atoms with Crippen molar-refractivity contribution in [3.8, 4) is 0 Å². The van der Waals surface area contributed by atoms with Gasteiger partial charge in [-0.05, 0) is 36.8 Å². The molecule has 3 N–H and O–H groups in total. The van der Waals surface area contributed by atoms with Crippen LogP contribution in [-0.2, 0) is 16.1 Å². The lowest BCUT2D eigenvalue weighted by molar-refractivity contribution is -0.126. The predicted molar refractivity (Wildman–Crippen MR) is 79.0 cm³/mol. The Kier molecular flexibility index (Phi) is 6.02. The zero-order valence-corrected chi connectivity index (χ0v) is 11.9. The molecule has 0 spiro atoms. The topological polar surface area (TPSA) is 64.3 Å². The molecule has 1 aromatic carbocycles. The van der Waals surface area contributed by atoms with E-state index in [2.05, 4.69) is 5.32 Å². The summed E-state index contributed by atoms with van der Waals surface area (Å²) in [7, 11) is 0. The van der Waals surface area contributed by atoms with Crippen LogP contribution >= 0.6 is 0 Å². The second kappa shape index (κ2) is 8.02. The molecule has 2 rings (SSSR count). The van der Waals surface area contributed by atoms with Crippen LogP contribution < -0.4 is 11.1 Å². The van der Waals surface area contributed by atoms with Crippen molar-refractivity contribution >= 4 is 5.91 Å². The van der Waals surface area contributed by atoms with Crippen molar-refractivity contribution in [3.05, 3.63) is 35.9 Å². The van der Waals surface area contributed by atoms with E-state index >= 15 is 0 Å². The minimum Gasteiger partial charge on any atom is -0.371 e. The van der Waals surface area contributed by atoms with Crippen molar-refractivity contribution < 1.29 is 9.53 Å². The summed E-state index contributed by atoms with van der Waals surface area (Å²) in [5, 5.41) is 2.86. The molecular weight excluding hydrogens is 252 g/mol. The first kappa shape index (κ1) is 15.0. The molecule has 1 aliphatic rings. The lowest BCUT2D eigenvalue weighted by Crippen LogP contribution is -2.29. The molecule has 20 heavy (non-hydrogen) atoms. The Labute approximate surface area is 120 Å². The van der Waals surface area contributed by atoms with Gasteiger partial charge in [-0.25, -0.2) is 0 Å². The lowest BCUT2D eigenvalue weighted by atomic mass is 9.97. The maximum absolute atomic E-state index is 11.7. The molecular formula is C16H24N2O2. The van der Waals surface area contributed by atoms with Crippen LogP contribution in [0.2, 0.25) is 0 Å². The van der Waals surface area contributed by atoms with E-state index in [0.717, 1.165) is 12.1 Å². The second-order valence-corrected chi connectivity index (χ2v) is 5.46. The maximum atomic E-state index is 11.7. The fourth-order valence-electron chi connectivity index (χ4n) is 2.79. The summed E-state index contributed by atoms with van der Waals surface area (Å²) < 4.78 is 5.53. The molecule has 0 saturated heterocycles.